The van der Waals surface area contributed by atoms with Crippen LogP contribution in [0.15, 0.2) is 30.3 Å². The molecule has 0 bridgehead atoms. The Bertz CT molecular complexity index is 809. The zero-order valence-electron chi connectivity index (χ0n) is 9.87. The Hall–Kier alpha value is -1.49. The fourth-order valence-electron chi connectivity index (χ4n) is 2.03. The van der Waals surface area contributed by atoms with Gasteiger partial charge in [0.05, 0.1) is 21.7 Å². The van der Waals surface area contributed by atoms with Gasteiger partial charge in [-0.3, -0.25) is 4.57 Å². The maximum atomic E-state index is 13.6. The van der Waals surface area contributed by atoms with Gasteiger partial charge >= 0.3 is 0 Å². The lowest BCUT2D eigenvalue weighted by Crippen LogP contribution is -2.00. The van der Waals surface area contributed by atoms with E-state index in [-0.39, 0.29) is 11.0 Å². The van der Waals surface area contributed by atoms with Gasteiger partial charge in [-0.15, -0.1) is 0 Å². The van der Waals surface area contributed by atoms with Crippen LogP contribution in [-0.4, -0.2) is 9.55 Å². The second-order valence-corrected chi connectivity index (χ2v) is 5.47. The van der Waals surface area contributed by atoms with Crippen LogP contribution in [-0.2, 0) is 0 Å². The van der Waals surface area contributed by atoms with E-state index in [1.807, 2.05) is 0 Å². The molecule has 20 heavy (non-hydrogen) atoms. The van der Waals surface area contributed by atoms with Gasteiger partial charge in [0, 0.05) is 16.1 Å². The van der Waals surface area contributed by atoms with Gasteiger partial charge in [0.2, 0.25) is 5.95 Å². The molecule has 0 spiro atoms. The quantitative estimate of drug-likeness (QED) is 0.702. The maximum Gasteiger partial charge on any atom is 0.205 e. The third-order valence-electron chi connectivity index (χ3n) is 2.83. The molecule has 2 aromatic carbocycles. The Morgan fingerprint density at radius 1 is 1.00 bits per heavy atom. The molecule has 3 aromatic rings. The Morgan fingerprint density at radius 3 is 2.30 bits per heavy atom. The van der Waals surface area contributed by atoms with Gasteiger partial charge < -0.3 is 5.73 Å². The molecule has 3 rings (SSSR count). The van der Waals surface area contributed by atoms with Crippen molar-refractivity contribution in [1.29, 1.82) is 0 Å². The second-order valence-electron chi connectivity index (χ2n) is 4.19. The monoisotopic (exact) mass is 329 g/mol. The lowest BCUT2D eigenvalue weighted by atomic mass is 10.2. The van der Waals surface area contributed by atoms with E-state index in [1.165, 1.54) is 12.1 Å². The maximum absolute atomic E-state index is 13.6. The minimum absolute atomic E-state index is 0.00808. The number of rotatable bonds is 1. The summed E-state index contributed by atoms with van der Waals surface area (Å²) >= 11 is 17.7. The number of anilines is 1. The van der Waals surface area contributed by atoms with Crippen LogP contribution >= 0.6 is 34.8 Å². The summed E-state index contributed by atoms with van der Waals surface area (Å²) < 4.78 is 15.2. The molecule has 3 nitrogen and oxygen atoms in total. The van der Waals surface area contributed by atoms with Gasteiger partial charge in [-0.1, -0.05) is 34.8 Å². The smallest absolute Gasteiger partial charge is 0.205 e. The predicted molar refractivity (Wildman–Crippen MR) is 80.5 cm³/mol. The summed E-state index contributed by atoms with van der Waals surface area (Å²) in [6, 6.07) is 7.62. The van der Waals surface area contributed by atoms with E-state index < -0.39 is 5.82 Å². The molecule has 0 saturated heterocycles. The Kier molecular flexibility index (Phi) is 3.24. The summed E-state index contributed by atoms with van der Waals surface area (Å²) in [5, 5.41) is 0.887. The SMILES string of the molecule is Nc1nc2cc(Cl)c(F)cc2n1-c1cc(Cl)cc(Cl)c1. The van der Waals surface area contributed by atoms with Crippen LogP contribution < -0.4 is 5.73 Å². The van der Waals surface area contributed by atoms with Crippen molar-refractivity contribution in [2.75, 3.05) is 5.73 Å². The normalized spacial score (nSPS) is 11.2. The zero-order chi connectivity index (χ0) is 14.4. The van der Waals surface area contributed by atoms with Crippen molar-refractivity contribution in [2.24, 2.45) is 0 Å². The lowest BCUT2D eigenvalue weighted by molar-refractivity contribution is 0.629. The third-order valence-corrected chi connectivity index (χ3v) is 3.55. The number of hydrogen-bond acceptors (Lipinski definition) is 2. The number of imidazole rings is 1. The molecule has 0 fully saturated rings. The number of nitrogen functional groups attached to an aromatic ring is 1. The van der Waals surface area contributed by atoms with Gasteiger partial charge in [0.1, 0.15) is 5.82 Å². The number of aromatic nitrogens is 2. The van der Waals surface area contributed by atoms with E-state index in [4.69, 9.17) is 40.5 Å². The van der Waals surface area contributed by atoms with Crippen molar-refractivity contribution in [3.05, 3.63) is 51.2 Å². The minimum atomic E-state index is -0.548. The fourth-order valence-corrected chi connectivity index (χ4v) is 2.70. The van der Waals surface area contributed by atoms with Crippen molar-refractivity contribution in [3.63, 3.8) is 0 Å². The summed E-state index contributed by atoms with van der Waals surface area (Å²) in [5.74, 6) is -0.353. The molecule has 1 heterocycles. The molecule has 0 unspecified atom stereocenters. The zero-order valence-corrected chi connectivity index (χ0v) is 12.1. The van der Waals surface area contributed by atoms with Crippen LogP contribution in [0.5, 0.6) is 0 Å². The van der Waals surface area contributed by atoms with Crippen molar-refractivity contribution < 1.29 is 4.39 Å². The summed E-state index contributed by atoms with van der Waals surface area (Å²) in [7, 11) is 0. The van der Waals surface area contributed by atoms with Crippen molar-refractivity contribution in [2.45, 2.75) is 0 Å². The highest BCUT2D eigenvalue weighted by Gasteiger charge is 2.14. The first kappa shape index (κ1) is 13.5. The summed E-state index contributed by atoms with van der Waals surface area (Å²) in [5.41, 5.74) is 7.47. The molecule has 0 aliphatic rings. The molecule has 2 N–H and O–H groups in total. The highest BCUT2D eigenvalue weighted by atomic mass is 35.5. The number of hydrogen-bond donors (Lipinski definition) is 1. The number of nitrogens with two attached hydrogens (primary N) is 1. The van der Waals surface area contributed by atoms with Crippen LogP contribution in [0.2, 0.25) is 15.1 Å². The van der Waals surface area contributed by atoms with Crippen LogP contribution in [0.1, 0.15) is 0 Å². The molecule has 0 aliphatic carbocycles. The molecule has 0 atom stereocenters. The average Bonchev–Trinajstić information content (AvgIpc) is 2.64. The van der Waals surface area contributed by atoms with Gasteiger partial charge in [0.15, 0.2) is 0 Å². The van der Waals surface area contributed by atoms with Crippen LogP contribution in [0.4, 0.5) is 10.3 Å². The summed E-state index contributed by atoms with van der Waals surface area (Å²) in [6.07, 6.45) is 0. The van der Waals surface area contributed by atoms with Crippen molar-refractivity contribution in [3.8, 4) is 5.69 Å². The Labute approximate surface area is 128 Å². The van der Waals surface area contributed by atoms with E-state index in [9.17, 15) is 4.39 Å². The number of fused-ring (bicyclic) bond motifs is 1. The van der Waals surface area contributed by atoms with E-state index >= 15 is 0 Å². The molecule has 0 radical (unpaired) electrons. The first-order chi connectivity index (χ1) is 9.45. The highest BCUT2D eigenvalue weighted by Crippen LogP contribution is 2.30. The van der Waals surface area contributed by atoms with Gasteiger partial charge in [-0.2, -0.15) is 0 Å². The van der Waals surface area contributed by atoms with Crippen LogP contribution in [0.3, 0.4) is 0 Å². The summed E-state index contributed by atoms with van der Waals surface area (Å²) in [4.78, 5) is 4.15. The number of halogens is 4. The summed E-state index contributed by atoms with van der Waals surface area (Å²) in [6.45, 7) is 0. The molecule has 0 saturated carbocycles. The topological polar surface area (TPSA) is 43.8 Å². The standard InChI is InChI=1S/C13H7Cl3FN3/c14-6-1-7(15)3-8(2-6)20-12-5-10(17)9(16)4-11(12)19-13(20)18/h1-5H,(H2,18,19). The third kappa shape index (κ3) is 2.20. The van der Waals surface area contributed by atoms with E-state index in [1.54, 1.807) is 22.8 Å². The van der Waals surface area contributed by atoms with Gasteiger partial charge in [-0.25, -0.2) is 9.37 Å². The number of benzene rings is 2. The predicted octanol–water partition coefficient (Wildman–Crippen LogP) is 4.71. The van der Waals surface area contributed by atoms with Crippen LogP contribution in [0, 0.1) is 5.82 Å². The largest absolute Gasteiger partial charge is 0.369 e. The molecule has 1 aromatic heterocycles. The first-order valence-corrected chi connectivity index (χ1v) is 6.68. The molecule has 102 valence electrons. The van der Waals surface area contributed by atoms with Crippen LogP contribution in [0.25, 0.3) is 16.7 Å². The van der Waals surface area contributed by atoms with E-state index in [0.29, 0.717) is 26.8 Å². The molecule has 7 heteroatoms. The Morgan fingerprint density at radius 2 is 1.65 bits per heavy atom. The Balaban J connectivity index is 2.35. The van der Waals surface area contributed by atoms with Gasteiger partial charge in [-0.05, 0) is 24.3 Å². The molecule has 0 aliphatic heterocycles. The van der Waals surface area contributed by atoms with Crippen molar-refractivity contribution in [1.82, 2.24) is 9.55 Å². The average molecular weight is 331 g/mol. The first-order valence-electron chi connectivity index (χ1n) is 5.55. The molecular formula is C13H7Cl3FN3. The second kappa shape index (κ2) is 4.81. The van der Waals surface area contributed by atoms with Crippen molar-refractivity contribution >= 4 is 51.8 Å². The van der Waals surface area contributed by atoms with E-state index in [0.717, 1.165) is 0 Å². The molecular weight excluding hydrogens is 324 g/mol. The van der Waals surface area contributed by atoms with E-state index in [2.05, 4.69) is 4.98 Å². The lowest BCUT2D eigenvalue weighted by Gasteiger charge is -2.08. The molecule has 0 amide bonds. The van der Waals surface area contributed by atoms with Gasteiger partial charge in [0.25, 0.3) is 0 Å². The minimum Gasteiger partial charge on any atom is -0.369 e. The fraction of sp³-hybridized carbons (Fsp3) is 0. The number of nitrogens with zero attached hydrogens (tertiary/aromatic N) is 2. The highest BCUT2D eigenvalue weighted by molar-refractivity contribution is 6.35.